The average molecular weight is 383 g/mol. The molecule has 0 aromatic heterocycles. The van der Waals surface area contributed by atoms with Gasteiger partial charge in [0.15, 0.2) is 0 Å². The number of rotatable bonds is 6. The van der Waals surface area contributed by atoms with E-state index in [2.05, 4.69) is 4.72 Å². The third kappa shape index (κ3) is 5.53. The fraction of sp³-hybridized carbons (Fsp3) is 0.632. The summed E-state index contributed by atoms with van der Waals surface area (Å²) in [5, 5.41) is 0. The minimum atomic E-state index is -3.76. The summed E-state index contributed by atoms with van der Waals surface area (Å²) in [6, 6.07) is 5.85. The fourth-order valence-corrected chi connectivity index (χ4v) is 4.42. The van der Waals surface area contributed by atoms with Crippen molar-refractivity contribution in [3.8, 4) is 0 Å². The first kappa shape index (κ1) is 20.9. The van der Waals surface area contributed by atoms with Crippen molar-refractivity contribution in [2.45, 2.75) is 64.2 Å². The minimum absolute atomic E-state index is 0.0592. The van der Waals surface area contributed by atoms with Gasteiger partial charge in [-0.3, -0.25) is 4.79 Å². The Balaban J connectivity index is 2.21. The number of ether oxygens (including phenoxy) is 1. The van der Waals surface area contributed by atoms with E-state index in [-0.39, 0.29) is 28.9 Å². The molecule has 1 aliphatic rings. The fourth-order valence-electron chi connectivity index (χ4n) is 3.22. The molecule has 7 heteroatoms. The molecule has 1 amide bonds. The topological polar surface area (TPSA) is 75.7 Å². The number of carbonyl (C=O) groups is 1. The van der Waals surface area contributed by atoms with E-state index in [0.29, 0.717) is 19.5 Å². The van der Waals surface area contributed by atoms with Crippen LogP contribution in [-0.2, 0) is 19.6 Å². The van der Waals surface area contributed by atoms with Gasteiger partial charge in [-0.2, -0.15) is 4.72 Å². The van der Waals surface area contributed by atoms with Crippen molar-refractivity contribution in [3.63, 3.8) is 0 Å². The molecule has 0 aliphatic carbocycles. The molecule has 2 rings (SSSR count). The number of benzene rings is 1. The van der Waals surface area contributed by atoms with Gasteiger partial charge in [0.1, 0.15) is 6.04 Å². The Hall–Kier alpha value is -1.44. The summed E-state index contributed by atoms with van der Waals surface area (Å²) in [7, 11) is -3.76. The molecule has 0 unspecified atom stereocenters. The quantitative estimate of drug-likeness (QED) is 0.819. The third-order valence-corrected chi connectivity index (χ3v) is 5.85. The molecule has 1 aliphatic heterocycles. The molecule has 1 saturated heterocycles. The number of morpholine rings is 1. The van der Waals surface area contributed by atoms with Crippen molar-refractivity contribution in [1.29, 1.82) is 0 Å². The lowest BCUT2D eigenvalue weighted by atomic mass is 10.0. The molecule has 3 atom stereocenters. The summed E-state index contributed by atoms with van der Waals surface area (Å²) in [6.45, 7) is 10.6. The van der Waals surface area contributed by atoms with Crippen molar-refractivity contribution in [1.82, 2.24) is 9.62 Å². The summed E-state index contributed by atoms with van der Waals surface area (Å²) >= 11 is 0. The number of nitrogens with one attached hydrogen (secondary N) is 1. The van der Waals surface area contributed by atoms with Gasteiger partial charge in [-0.1, -0.05) is 31.5 Å². The van der Waals surface area contributed by atoms with E-state index >= 15 is 0 Å². The number of hydrogen-bond acceptors (Lipinski definition) is 4. The van der Waals surface area contributed by atoms with Gasteiger partial charge in [-0.25, -0.2) is 8.42 Å². The first-order chi connectivity index (χ1) is 12.1. The summed E-state index contributed by atoms with van der Waals surface area (Å²) in [4.78, 5) is 14.9. The predicted octanol–water partition coefficient (Wildman–Crippen LogP) is 2.32. The lowest BCUT2D eigenvalue weighted by Crippen LogP contribution is -2.55. The molecule has 146 valence electrons. The van der Waals surface area contributed by atoms with Crippen LogP contribution in [-0.4, -0.2) is 50.6 Å². The number of sulfonamides is 1. The molecule has 6 nitrogen and oxygen atoms in total. The zero-order valence-electron chi connectivity index (χ0n) is 16.2. The highest BCUT2D eigenvalue weighted by molar-refractivity contribution is 7.89. The smallest absolute Gasteiger partial charge is 0.241 e. The molecular weight excluding hydrogens is 352 g/mol. The zero-order valence-corrected chi connectivity index (χ0v) is 17.0. The largest absolute Gasteiger partial charge is 0.372 e. The van der Waals surface area contributed by atoms with Crippen molar-refractivity contribution in [2.24, 2.45) is 5.92 Å². The van der Waals surface area contributed by atoms with Gasteiger partial charge >= 0.3 is 0 Å². The molecule has 0 saturated carbocycles. The van der Waals surface area contributed by atoms with Crippen molar-refractivity contribution < 1.29 is 17.9 Å². The van der Waals surface area contributed by atoms with Crippen LogP contribution in [0.1, 0.15) is 39.7 Å². The summed E-state index contributed by atoms with van der Waals surface area (Å²) in [6.07, 6.45) is 0.330. The van der Waals surface area contributed by atoms with E-state index in [1.807, 2.05) is 34.6 Å². The second-order valence-corrected chi connectivity index (χ2v) is 9.33. The maximum atomic E-state index is 13.0. The van der Waals surface area contributed by atoms with Gasteiger partial charge in [-0.15, -0.1) is 0 Å². The summed E-state index contributed by atoms with van der Waals surface area (Å²) in [5.41, 5.74) is 0.982. The van der Waals surface area contributed by atoms with Crippen LogP contribution < -0.4 is 4.72 Å². The van der Waals surface area contributed by atoms with E-state index in [9.17, 15) is 13.2 Å². The number of carbonyl (C=O) groups excluding carboxylic acids is 1. The van der Waals surface area contributed by atoms with Crippen LogP contribution in [0.4, 0.5) is 0 Å². The van der Waals surface area contributed by atoms with Crippen LogP contribution >= 0.6 is 0 Å². The summed E-state index contributed by atoms with van der Waals surface area (Å²) in [5.74, 6) is -0.00283. The Morgan fingerprint density at radius 3 is 2.23 bits per heavy atom. The summed E-state index contributed by atoms with van der Waals surface area (Å²) < 4.78 is 33.8. The van der Waals surface area contributed by atoms with Gasteiger partial charge in [-0.05, 0) is 45.2 Å². The lowest BCUT2D eigenvalue weighted by Gasteiger charge is -2.37. The Labute approximate surface area is 157 Å². The maximum Gasteiger partial charge on any atom is 0.241 e. The first-order valence-corrected chi connectivity index (χ1v) is 10.6. The molecule has 1 heterocycles. The van der Waals surface area contributed by atoms with Gasteiger partial charge < -0.3 is 9.64 Å². The molecule has 1 aromatic carbocycles. The average Bonchev–Trinajstić information content (AvgIpc) is 2.52. The highest BCUT2D eigenvalue weighted by atomic mass is 32.2. The number of aryl methyl sites for hydroxylation is 1. The molecule has 0 radical (unpaired) electrons. The van der Waals surface area contributed by atoms with Crippen LogP contribution in [0.5, 0.6) is 0 Å². The normalized spacial score (nSPS) is 22.5. The number of amides is 1. The Bertz CT molecular complexity index is 706. The molecule has 1 N–H and O–H groups in total. The van der Waals surface area contributed by atoms with Crippen molar-refractivity contribution in [3.05, 3.63) is 29.8 Å². The van der Waals surface area contributed by atoms with Crippen LogP contribution in [0, 0.1) is 12.8 Å². The lowest BCUT2D eigenvalue weighted by molar-refractivity contribution is -0.145. The Kier molecular flexibility index (Phi) is 6.82. The number of nitrogens with zero attached hydrogens (tertiary/aromatic N) is 1. The SMILES string of the molecule is Cc1ccc(S(=O)(=O)N[C@@H](CC(C)C)C(=O)N2C[C@H](C)O[C@@H](C)C2)cc1. The third-order valence-electron chi connectivity index (χ3n) is 4.37. The van der Waals surface area contributed by atoms with E-state index in [1.165, 1.54) is 0 Å². The zero-order chi connectivity index (χ0) is 19.5. The first-order valence-electron chi connectivity index (χ1n) is 9.11. The van der Waals surface area contributed by atoms with E-state index < -0.39 is 16.1 Å². The van der Waals surface area contributed by atoms with Crippen molar-refractivity contribution >= 4 is 15.9 Å². The van der Waals surface area contributed by atoms with Gasteiger partial charge in [0.2, 0.25) is 15.9 Å². The molecule has 1 aromatic rings. The predicted molar refractivity (Wildman–Crippen MR) is 101 cm³/mol. The van der Waals surface area contributed by atoms with E-state index in [1.54, 1.807) is 29.2 Å². The monoisotopic (exact) mass is 382 g/mol. The van der Waals surface area contributed by atoms with Gasteiger partial charge in [0, 0.05) is 13.1 Å². The second kappa shape index (κ2) is 8.50. The van der Waals surface area contributed by atoms with E-state index in [0.717, 1.165) is 5.56 Å². The van der Waals surface area contributed by atoms with Gasteiger partial charge in [0.25, 0.3) is 0 Å². The Morgan fingerprint density at radius 2 is 1.73 bits per heavy atom. The van der Waals surface area contributed by atoms with E-state index in [4.69, 9.17) is 4.74 Å². The Morgan fingerprint density at radius 1 is 1.19 bits per heavy atom. The second-order valence-electron chi connectivity index (χ2n) is 7.62. The molecule has 0 spiro atoms. The van der Waals surface area contributed by atoms with Gasteiger partial charge in [0.05, 0.1) is 17.1 Å². The molecule has 1 fully saturated rings. The maximum absolute atomic E-state index is 13.0. The standard InChI is InChI=1S/C19H30N2O4S/c1-13(2)10-18(19(22)21-11-15(4)25-16(5)12-21)20-26(23,24)17-8-6-14(3)7-9-17/h6-9,13,15-16,18,20H,10-12H2,1-5H3/t15-,16-,18-/m0/s1. The van der Waals surface area contributed by atoms with Crippen LogP contribution in [0.2, 0.25) is 0 Å². The highest BCUT2D eigenvalue weighted by Crippen LogP contribution is 2.17. The van der Waals surface area contributed by atoms with Crippen molar-refractivity contribution in [2.75, 3.05) is 13.1 Å². The molecule has 26 heavy (non-hydrogen) atoms. The van der Waals surface area contributed by atoms with Crippen LogP contribution in [0.15, 0.2) is 29.2 Å². The number of hydrogen-bond donors (Lipinski definition) is 1. The molecule has 0 bridgehead atoms. The van der Waals surface area contributed by atoms with Crippen LogP contribution in [0.25, 0.3) is 0 Å². The highest BCUT2D eigenvalue weighted by Gasteiger charge is 2.33. The minimum Gasteiger partial charge on any atom is -0.372 e. The molecular formula is C19H30N2O4S. The van der Waals surface area contributed by atoms with Crippen LogP contribution in [0.3, 0.4) is 0 Å².